The predicted molar refractivity (Wildman–Crippen MR) is 73.1 cm³/mol. The Balaban J connectivity index is 2.56. The number of nitro benzene ring substituents is 1. The molecular weight excluding hydrogens is 236 g/mol. The van der Waals surface area contributed by atoms with Crippen molar-refractivity contribution < 1.29 is 4.92 Å². The van der Waals surface area contributed by atoms with Crippen molar-refractivity contribution in [3.8, 4) is 0 Å². The van der Waals surface area contributed by atoms with Crippen molar-refractivity contribution >= 4 is 23.1 Å². The van der Waals surface area contributed by atoms with E-state index in [1.807, 2.05) is 11.8 Å². The lowest BCUT2D eigenvalue weighted by Gasteiger charge is -2.08. The van der Waals surface area contributed by atoms with Crippen LogP contribution in [0, 0.1) is 16.0 Å². The molecule has 0 aliphatic heterocycles. The average Bonchev–Trinajstić information content (AvgIpc) is 2.28. The summed E-state index contributed by atoms with van der Waals surface area (Å²) in [4.78, 5) is 10.1. The lowest BCUT2D eigenvalue weighted by molar-refractivity contribution is -0.383. The Labute approximate surface area is 106 Å². The van der Waals surface area contributed by atoms with E-state index < -0.39 is 4.92 Å². The van der Waals surface area contributed by atoms with E-state index in [4.69, 9.17) is 5.73 Å². The third-order valence-corrected chi connectivity index (χ3v) is 4.00. The van der Waals surface area contributed by atoms with Crippen molar-refractivity contribution in [3.63, 3.8) is 0 Å². The zero-order chi connectivity index (χ0) is 12.8. The van der Waals surface area contributed by atoms with Crippen LogP contribution in [0.25, 0.3) is 0 Å². The number of hydrogen-bond acceptors (Lipinski definition) is 4. The summed E-state index contributed by atoms with van der Waals surface area (Å²) in [5.41, 5.74) is 6.91. The molecule has 0 bridgehead atoms. The highest BCUT2D eigenvalue weighted by atomic mass is 32.2. The van der Waals surface area contributed by atoms with Crippen molar-refractivity contribution in [2.75, 3.05) is 11.5 Å². The van der Waals surface area contributed by atoms with Crippen LogP contribution in [-0.4, -0.2) is 10.7 Å². The van der Waals surface area contributed by atoms with Gasteiger partial charge >= 0.3 is 0 Å². The summed E-state index contributed by atoms with van der Waals surface area (Å²) in [6.07, 6.45) is 1.18. The van der Waals surface area contributed by atoms with Crippen molar-refractivity contribution in [2.24, 2.45) is 5.92 Å². The third-order valence-electron chi connectivity index (χ3n) is 2.66. The van der Waals surface area contributed by atoms with Gasteiger partial charge < -0.3 is 5.73 Å². The summed E-state index contributed by atoms with van der Waals surface area (Å²) < 4.78 is 0. The van der Waals surface area contributed by atoms with E-state index in [9.17, 15) is 10.1 Å². The Morgan fingerprint density at radius 1 is 1.53 bits per heavy atom. The second-order valence-electron chi connectivity index (χ2n) is 4.18. The maximum atomic E-state index is 10.6. The zero-order valence-corrected chi connectivity index (χ0v) is 11.0. The first kappa shape index (κ1) is 13.8. The third kappa shape index (κ3) is 4.26. The summed E-state index contributed by atoms with van der Waals surface area (Å²) in [5.74, 6) is 2.66. The molecule has 1 unspecified atom stereocenters. The molecule has 0 aliphatic carbocycles. The largest absolute Gasteiger partial charge is 0.393 e. The van der Waals surface area contributed by atoms with Crippen LogP contribution in [0.1, 0.15) is 25.8 Å². The van der Waals surface area contributed by atoms with Gasteiger partial charge in [-0.2, -0.15) is 11.8 Å². The van der Waals surface area contributed by atoms with Crippen LogP contribution in [0.15, 0.2) is 18.2 Å². The minimum absolute atomic E-state index is 0.0133. The Morgan fingerprint density at radius 2 is 2.24 bits per heavy atom. The number of rotatable bonds is 6. The van der Waals surface area contributed by atoms with Crippen molar-refractivity contribution in [2.45, 2.75) is 26.0 Å². The van der Waals surface area contributed by atoms with Crippen LogP contribution in [-0.2, 0) is 5.75 Å². The first-order valence-electron chi connectivity index (χ1n) is 5.65. The Morgan fingerprint density at radius 3 is 2.76 bits per heavy atom. The quantitative estimate of drug-likeness (QED) is 0.479. The molecular formula is C12H18N2O2S. The topological polar surface area (TPSA) is 69.2 Å². The first-order chi connectivity index (χ1) is 8.04. The number of benzene rings is 1. The number of nitrogen functional groups attached to an aromatic ring is 1. The summed E-state index contributed by atoms with van der Waals surface area (Å²) >= 11 is 1.84. The summed E-state index contributed by atoms with van der Waals surface area (Å²) in [6, 6.07) is 4.95. The predicted octanol–water partition coefficient (Wildman–Crippen LogP) is 3.46. The average molecular weight is 254 g/mol. The molecule has 1 aromatic carbocycles. The van der Waals surface area contributed by atoms with Crippen LogP contribution in [0.2, 0.25) is 0 Å². The molecule has 0 heterocycles. The number of hydrogen-bond donors (Lipinski definition) is 1. The molecule has 0 aliphatic rings. The summed E-state index contributed by atoms with van der Waals surface area (Å²) in [6.45, 7) is 4.40. The number of nitrogens with zero attached hydrogens (tertiary/aromatic N) is 1. The molecule has 5 heteroatoms. The number of nitrogens with two attached hydrogens (primary N) is 1. The fourth-order valence-electron chi connectivity index (χ4n) is 1.36. The van der Waals surface area contributed by atoms with Crippen LogP contribution in [0.4, 0.5) is 11.4 Å². The Kier molecular flexibility index (Phi) is 5.28. The van der Waals surface area contributed by atoms with Gasteiger partial charge in [-0.05, 0) is 23.3 Å². The molecule has 0 saturated carbocycles. The van der Waals surface area contributed by atoms with Crippen LogP contribution in [0.3, 0.4) is 0 Å². The fourth-order valence-corrected chi connectivity index (χ4v) is 2.53. The van der Waals surface area contributed by atoms with Gasteiger partial charge in [-0.3, -0.25) is 10.1 Å². The summed E-state index contributed by atoms with van der Waals surface area (Å²) in [7, 11) is 0. The van der Waals surface area contributed by atoms with Gasteiger partial charge in [0.25, 0.3) is 5.69 Å². The van der Waals surface area contributed by atoms with Gasteiger partial charge in [0.2, 0.25) is 0 Å². The molecule has 0 radical (unpaired) electrons. The van der Waals surface area contributed by atoms with E-state index in [2.05, 4.69) is 13.8 Å². The Bertz CT molecular complexity index is 396. The van der Waals surface area contributed by atoms with E-state index in [0.29, 0.717) is 5.92 Å². The van der Waals surface area contributed by atoms with Gasteiger partial charge in [0.1, 0.15) is 5.69 Å². The fraction of sp³-hybridized carbons (Fsp3) is 0.500. The second-order valence-corrected chi connectivity index (χ2v) is 5.21. The van der Waals surface area contributed by atoms with E-state index >= 15 is 0 Å². The first-order valence-corrected chi connectivity index (χ1v) is 6.80. The van der Waals surface area contributed by atoms with E-state index in [-0.39, 0.29) is 11.4 Å². The molecule has 0 saturated heterocycles. The molecule has 1 aromatic rings. The highest BCUT2D eigenvalue weighted by molar-refractivity contribution is 7.98. The highest BCUT2D eigenvalue weighted by Crippen LogP contribution is 2.25. The van der Waals surface area contributed by atoms with Gasteiger partial charge in [-0.15, -0.1) is 0 Å². The standard InChI is InChI=1S/C12H18N2O2S/c1-3-9(2)7-17-8-10-4-5-12(14(15)16)11(13)6-10/h4-6,9H,3,7-8,13H2,1-2H3. The normalized spacial score (nSPS) is 12.4. The second kappa shape index (κ2) is 6.49. The molecule has 1 atom stereocenters. The van der Waals surface area contributed by atoms with Gasteiger partial charge in [-0.1, -0.05) is 26.3 Å². The van der Waals surface area contributed by atoms with Crippen molar-refractivity contribution in [1.29, 1.82) is 0 Å². The minimum atomic E-state index is -0.453. The molecule has 4 nitrogen and oxygen atoms in total. The SMILES string of the molecule is CCC(C)CSCc1ccc([N+](=O)[O-])c(N)c1. The number of nitro groups is 1. The van der Waals surface area contributed by atoms with Gasteiger partial charge in [0, 0.05) is 11.8 Å². The lowest BCUT2D eigenvalue weighted by Crippen LogP contribution is -1.98. The van der Waals surface area contributed by atoms with Crippen molar-refractivity contribution in [3.05, 3.63) is 33.9 Å². The monoisotopic (exact) mass is 254 g/mol. The molecule has 0 spiro atoms. The summed E-state index contributed by atoms with van der Waals surface area (Å²) in [5, 5.41) is 10.6. The maximum Gasteiger partial charge on any atom is 0.292 e. The number of anilines is 1. The number of thioether (sulfide) groups is 1. The molecule has 0 amide bonds. The van der Waals surface area contributed by atoms with E-state index in [0.717, 1.165) is 17.1 Å². The van der Waals surface area contributed by atoms with Crippen LogP contribution >= 0.6 is 11.8 Å². The van der Waals surface area contributed by atoms with Crippen molar-refractivity contribution in [1.82, 2.24) is 0 Å². The molecule has 1 rings (SSSR count). The molecule has 94 valence electrons. The molecule has 0 fully saturated rings. The van der Waals surface area contributed by atoms with Gasteiger partial charge in [0.15, 0.2) is 0 Å². The lowest BCUT2D eigenvalue weighted by atomic mass is 10.2. The Hall–Kier alpha value is -1.23. The molecule has 2 N–H and O–H groups in total. The van der Waals surface area contributed by atoms with Crippen LogP contribution < -0.4 is 5.73 Å². The van der Waals surface area contributed by atoms with Gasteiger partial charge in [-0.25, -0.2) is 0 Å². The van der Waals surface area contributed by atoms with E-state index in [1.54, 1.807) is 12.1 Å². The van der Waals surface area contributed by atoms with Gasteiger partial charge in [0.05, 0.1) is 4.92 Å². The molecule has 17 heavy (non-hydrogen) atoms. The highest BCUT2D eigenvalue weighted by Gasteiger charge is 2.11. The zero-order valence-electron chi connectivity index (χ0n) is 10.2. The van der Waals surface area contributed by atoms with Crippen LogP contribution in [0.5, 0.6) is 0 Å². The minimum Gasteiger partial charge on any atom is -0.393 e. The molecule has 0 aromatic heterocycles. The maximum absolute atomic E-state index is 10.6. The van der Waals surface area contributed by atoms with E-state index in [1.165, 1.54) is 12.5 Å². The smallest absolute Gasteiger partial charge is 0.292 e.